The molecule has 0 aliphatic heterocycles. The van der Waals surface area contributed by atoms with Crippen molar-refractivity contribution in [2.45, 2.75) is 20.0 Å². The van der Waals surface area contributed by atoms with E-state index >= 15 is 0 Å². The minimum absolute atomic E-state index is 0.165. The normalized spacial score (nSPS) is 11.1. The molecule has 0 bridgehead atoms. The van der Waals surface area contributed by atoms with Gasteiger partial charge in [-0.2, -0.15) is 0 Å². The van der Waals surface area contributed by atoms with Gasteiger partial charge in [0.2, 0.25) is 0 Å². The molecule has 0 radical (unpaired) electrons. The van der Waals surface area contributed by atoms with Gasteiger partial charge in [0.15, 0.2) is 5.82 Å². The van der Waals surface area contributed by atoms with E-state index in [4.69, 9.17) is 21.1 Å². The number of nitrogens with zero attached hydrogens (tertiary/aromatic N) is 3. The van der Waals surface area contributed by atoms with Crippen molar-refractivity contribution in [1.82, 2.24) is 14.8 Å². The predicted molar refractivity (Wildman–Crippen MR) is 104 cm³/mol. The lowest BCUT2D eigenvalue weighted by Gasteiger charge is -2.06. The fraction of sp³-hybridized carbons (Fsp3) is 0.150. The second kappa shape index (κ2) is 8.51. The van der Waals surface area contributed by atoms with Crippen LogP contribution in [0.3, 0.4) is 0 Å². The van der Waals surface area contributed by atoms with Crippen LogP contribution in [0, 0.1) is 0 Å². The molecule has 0 fully saturated rings. The SMILES string of the molecule is CC(C)OC(=O)/C=C\n1cnc(-c2ccc(Oc3ccc(Cl)cc3)cc2)n1. The number of carbonyl (C=O) groups is 1. The summed E-state index contributed by atoms with van der Waals surface area (Å²) in [5, 5.41) is 4.97. The standard InChI is InChI=1S/C20H18ClN3O3/c1-14(2)26-19(25)11-12-24-13-22-20(23-24)15-3-7-17(8-4-15)27-18-9-5-16(21)6-10-18/h3-14H,1-2H3/b12-11-. The van der Waals surface area contributed by atoms with Gasteiger partial charge in [0.25, 0.3) is 0 Å². The van der Waals surface area contributed by atoms with Crippen molar-refractivity contribution in [2.24, 2.45) is 0 Å². The van der Waals surface area contributed by atoms with E-state index in [0.29, 0.717) is 22.3 Å². The van der Waals surface area contributed by atoms with Gasteiger partial charge in [0.1, 0.15) is 17.8 Å². The third-order valence-electron chi connectivity index (χ3n) is 3.39. The summed E-state index contributed by atoms with van der Waals surface area (Å²) in [4.78, 5) is 15.8. The van der Waals surface area contributed by atoms with E-state index in [0.717, 1.165) is 5.56 Å². The van der Waals surface area contributed by atoms with Crippen LogP contribution < -0.4 is 4.74 Å². The third kappa shape index (κ3) is 5.43. The quantitative estimate of drug-likeness (QED) is 0.451. The smallest absolute Gasteiger partial charge is 0.332 e. The molecule has 0 amide bonds. The maximum absolute atomic E-state index is 11.5. The maximum atomic E-state index is 11.5. The van der Waals surface area contributed by atoms with E-state index in [9.17, 15) is 4.79 Å². The molecule has 0 unspecified atom stereocenters. The Morgan fingerprint density at radius 2 is 1.70 bits per heavy atom. The Labute approximate surface area is 162 Å². The molecule has 0 saturated carbocycles. The summed E-state index contributed by atoms with van der Waals surface area (Å²) in [5.74, 6) is 1.51. The Balaban J connectivity index is 1.65. The molecular formula is C20H18ClN3O3. The molecule has 3 rings (SSSR count). The molecule has 0 saturated heterocycles. The van der Waals surface area contributed by atoms with Gasteiger partial charge in [-0.25, -0.2) is 14.5 Å². The molecule has 3 aromatic rings. The molecule has 0 spiro atoms. The van der Waals surface area contributed by atoms with E-state index in [2.05, 4.69) is 10.1 Å². The molecule has 0 aliphatic carbocycles. The molecule has 1 aromatic heterocycles. The minimum atomic E-state index is -0.425. The summed E-state index contributed by atoms with van der Waals surface area (Å²) in [6.45, 7) is 3.58. The van der Waals surface area contributed by atoms with Crippen LogP contribution in [0.2, 0.25) is 5.02 Å². The van der Waals surface area contributed by atoms with Crippen molar-refractivity contribution in [3.8, 4) is 22.9 Å². The first-order valence-corrected chi connectivity index (χ1v) is 8.71. The van der Waals surface area contributed by atoms with Crippen LogP contribution in [0.1, 0.15) is 13.8 Å². The molecule has 27 heavy (non-hydrogen) atoms. The van der Waals surface area contributed by atoms with Crippen LogP contribution in [0.5, 0.6) is 11.5 Å². The number of benzene rings is 2. The summed E-state index contributed by atoms with van der Waals surface area (Å²) in [7, 11) is 0. The maximum Gasteiger partial charge on any atom is 0.332 e. The van der Waals surface area contributed by atoms with Crippen LogP contribution in [-0.4, -0.2) is 26.8 Å². The fourth-order valence-electron chi connectivity index (χ4n) is 2.20. The zero-order chi connectivity index (χ0) is 19.2. The highest BCUT2D eigenvalue weighted by molar-refractivity contribution is 6.30. The Bertz CT molecular complexity index is 932. The molecule has 6 nitrogen and oxygen atoms in total. The zero-order valence-corrected chi connectivity index (χ0v) is 15.6. The van der Waals surface area contributed by atoms with Crippen LogP contribution in [0.4, 0.5) is 0 Å². The first kappa shape index (κ1) is 18.7. The number of aromatic nitrogens is 3. The molecule has 138 valence electrons. The number of esters is 1. The van der Waals surface area contributed by atoms with Crippen LogP contribution in [-0.2, 0) is 9.53 Å². The highest BCUT2D eigenvalue weighted by atomic mass is 35.5. The first-order chi connectivity index (χ1) is 13.0. The largest absolute Gasteiger partial charge is 0.460 e. The van der Waals surface area contributed by atoms with Crippen molar-refractivity contribution in [3.05, 3.63) is 66.0 Å². The molecule has 0 atom stereocenters. The molecule has 0 N–H and O–H groups in total. The second-order valence-corrected chi connectivity index (χ2v) is 6.37. The van der Waals surface area contributed by atoms with Gasteiger partial charge in [-0.1, -0.05) is 11.6 Å². The fourth-order valence-corrected chi connectivity index (χ4v) is 2.32. The number of hydrogen-bond acceptors (Lipinski definition) is 5. The van der Waals surface area contributed by atoms with Gasteiger partial charge in [0.05, 0.1) is 6.10 Å². The lowest BCUT2D eigenvalue weighted by atomic mass is 10.2. The summed E-state index contributed by atoms with van der Waals surface area (Å²) in [6.07, 6.45) is 4.16. The third-order valence-corrected chi connectivity index (χ3v) is 3.64. The van der Waals surface area contributed by atoms with Gasteiger partial charge < -0.3 is 9.47 Å². The van der Waals surface area contributed by atoms with Crippen molar-refractivity contribution < 1.29 is 14.3 Å². The number of hydrogen-bond donors (Lipinski definition) is 0. The van der Waals surface area contributed by atoms with Gasteiger partial charge in [-0.15, -0.1) is 5.10 Å². The average molecular weight is 384 g/mol. The number of carbonyl (C=O) groups excluding carboxylic acids is 1. The van der Waals surface area contributed by atoms with E-state index in [1.54, 1.807) is 38.1 Å². The Morgan fingerprint density at radius 1 is 1.07 bits per heavy atom. The monoisotopic (exact) mass is 383 g/mol. The second-order valence-electron chi connectivity index (χ2n) is 5.93. The van der Waals surface area contributed by atoms with Crippen molar-refractivity contribution >= 4 is 23.8 Å². The van der Waals surface area contributed by atoms with Crippen LogP contribution in [0.15, 0.2) is 60.9 Å². The minimum Gasteiger partial charge on any atom is -0.460 e. The summed E-state index contributed by atoms with van der Waals surface area (Å²) in [5.41, 5.74) is 0.829. The predicted octanol–water partition coefficient (Wildman–Crippen LogP) is 4.81. The van der Waals surface area contributed by atoms with E-state index < -0.39 is 5.97 Å². The van der Waals surface area contributed by atoms with E-state index in [-0.39, 0.29) is 6.10 Å². The number of rotatable bonds is 6. The van der Waals surface area contributed by atoms with Gasteiger partial charge in [-0.3, -0.25) is 0 Å². The molecule has 2 aromatic carbocycles. The van der Waals surface area contributed by atoms with Gasteiger partial charge in [-0.05, 0) is 62.4 Å². The first-order valence-electron chi connectivity index (χ1n) is 8.33. The number of ether oxygens (including phenoxy) is 2. The highest BCUT2D eigenvalue weighted by Crippen LogP contribution is 2.25. The number of halogens is 1. The van der Waals surface area contributed by atoms with Gasteiger partial charge in [0, 0.05) is 22.9 Å². The molecule has 1 heterocycles. The van der Waals surface area contributed by atoms with Gasteiger partial charge >= 0.3 is 5.97 Å². The summed E-state index contributed by atoms with van der Waals surface area (Å²) in [6, 6.07) is 14.5. The Morgan fingerprint density at radius 3 is 2.33 bits per heavy atom. The zero-order valence-electron chi connectivity index (χ0n) is 14.9. The molecular weight excluding hydrogens is 366 g/mol. The van der Waals surface area contributed by atoms with Crippen LogP contribution >= 0.6 is 11.6 Å². The lowest BCUT2D eigenvalue weighted by Crippen LogP contribution is -2.08. The summed E-state index contributed by atoms with van der Waals surface area (Å²) >= 11 is 5.87. The molecule has 0 aliphatic rings. The van der Waals surface area contributed by atoms with E-state index in [1.807, 2.05) is 24.3 Å². The van der Waals surface area contributed by atoms with Crippen molar-refractivity contribution in [2.75, 3.05) is 0 Å². The van der Waals surface area contributed by atoms with Crippen molar-refractivity contribution in [1.29, 1.82) is 0 Å². The van der Waals surface area contributed by atoms with Crippen molar-refractivity contribution in [3.63, 3.8) is 0 Å². The van der Waals surface area contributed by atoms with E-state index in [1.165, 1.54) is 23.3 Å². The average Bonchev–Trinajstić information content (AvgIpc) is 3.11. The summed E-state index contributed by atoms with van der Waals surface area (Å²) < 4.78 is 12.2. The molecule has 7 heteroatoms. The Kier molecular flexibility index (Phi) is 5.88. The lowest BCUT2D eigenvalue weighted by molar-refractivity contribution is -0.141. The topological polar surface area (TPSA) is 66.2 Å². The highest BCUT2D eigenvalue weighted by Gasteiger charge is 2.05. The van der Waals surface area contributed by atoms with Crippen LogP contribution in [0.25, 0.3) is 17.6 Å². The Hall–Kier alpha value is -3.12.